The zero-order valence-electron chi connectivity index (χ0n) is 4.54. The van der Waals surface area contributed by atoms with Gasteiger partial charge in [0.05, 0.1) is 11.9 Å². The van der Waals surface area contributed by atoms with E-state index in [9.17, 15) is 0 Å². The molecular weight excluding hydrogens is 100 g/mol. The molecule has 0 aromatic heterocycles. The number of rotatable bonds is 0. The Labute approximate surface area is 48.1 Å². The number of nitrogens with two attached hydrogens (primary N) is 1. The molecule has 2 atom stereocenters. The van der Waals surface area contributed by atoms with E-state index >= 15 is 0 Å². The van der Waals surface area contributed by atoms with Crippen LogP contribution in [0.15, 0.2) is 17.1 Å². The molecule has 2 nitrogen and oxygen atoms in total. The van der Waals surface area contributed by atoms with Crippen LogP contribution in [-0.4, -0.2) is 11.9 Å². The van der Waals surface area contributed by atoms with E-state index in [1.807, 2.05) is 0 Å². The van der Waals surface area contributed by atoms with Crippen molar-refractivity contribution in [1.82, 2.24) is 0 Å². The van der Waals surface area contributed by atoms with Crippen molar-refractivity contribution in [1.29, 1.82) is 0 Å². The van der Waals surface area contributed by atoms with Gasteiger partial charge in [0.15, 0.2) is 0 Å². The predicted molar refractivity (Wildman–Crippen MR) is 32.7 cm³/mol. The molecule has 0 spiro atoms. The molecule has 0 amide bonds. The van der Waals surface area contributed by atoms with Crippen molar-refractivity contribution >= 4 is 5.84 Å². The van der Waals surface area contributed by atoms with Crippen LogP contribution in [-0.2, 0) is 0 Å². The smallest absolute Gasteiger partial charge is 0.0951 e. The van der Waals surface area contributed by atoms with Crippen molar-refractivity contribution in [2.75, 3.05) is 0 Å². The highest BCUT2D eigenvalue weighted by Crippen LogP contribution is 2.29. The molecule has 1 heterocycles. The van der Waals surface area contributed by atoms with Gasteiger partial charge in [-0.15, -0.1) is 0 Å². The first-order valence-electron chi connectivity index (χ1n) is 2.87. The lowest BCUT2D eigenvalue weighted by atomic mass is 9.89. The summed E-state index contributed by atoms with van der Waals surface area (Å²) in [5, 5.41) is 0. The maximum absolute atomic E-state index is 5.47. The van der Waals surface area contributed by atoms with E-state index in [1.165, 1.54) is 0 Å². The summed E-state index contributed by atoms with van der Waals surface area (Å²) in [7, 11) is 0. The first-order chi connectivity index (χ1) is 3.86. The monoisotopic (exact) mass is 108 g/mol. The normalized spacial score (nSPS) is 40.8. The van der Waals surface area contributed by atoms with E-state index in [1.54, 1.807) is 0 Å². The highest BCUT2D eigenvalue weighted by atomic mass is 14.9. The lowest BCUT2D eigenvalue weighted by Gasteiger charge is -2.17. The fourth-order valence-electron chi connectivity index (χ4n) is 1.18. The summed E-state index contributed by atoms with van der Waals surface area (Å²) in [6.45, 7) is 0. The molecule has 0 saturated carbocycles. The molecule has 2 heteroatoms. The molecule has 8 heavy (non-hydrogen) atoms. The van der Waals surface area contributed by atoms with Crippen molar-refractivity contribution in [2.24, 2.45) is 16.6 Å². The summed E-state index contributed by atoms with van der Waals surface area (Å²) < 4.78 is 0. The van der Waals surface area contributed by atoms with E-state index in [2.05, 4.69) is 17.1 Å². The van der Waals surface area contributed by atoms with Gasteiger partial charge >= 0.3 is 0 Å². The number of amidine groups is 1. The molecule has 0 fully saturated rings. The third-order valence-corrected chi connectivity index (χ3v) is 1.75. The van der Waals surface area contributed by atoms with Crippen LogP contribution in [0.1, 0.15) is 6.42 Å². The molecule has 2 rings (SSSR count). The topological polar surface area (TPSA) is 38.4 Å². The van der Waals surface area contributed by atoms with Gasteiger partial charge in [0.2, 0.25) is 0 Å². The zero-order chi connectivity index (χ0) is 5.56. The van der Waals surface area contributed by atoms with Crippen molar-refractivity contribution in [3.63, 3.8) is 0 Å². The fourth-order valence-corrected chi connectivity index (χ4v) is 1.18. The van der Waals surface area contributed by atoms with Crippen LogP contribution in [0.5, 0.6) is 0 Å². The molecule has 0 aromatic rings. The van der Waals surface area contributed by atoms with E-state index in [4.69, 9.17) is 5.73 Å². The van der Waals surface area contributed by atoms with Gasteiger partial charge < -0.3 is 5.73 Å². The average molecular weight is 108 g/mol. The van der Waals surface area contributed by atoms with Crippen molar-refractivity contribution in [2.45, 2.75) is 12.5 Å². The highest BCUT2D eigenvalue weighted by molar-refractivity contribution is 5.83. The Morgan fingerprint density at radius 3 is 2.75 bits per heavy atom. The van der Waals surface area contributed by atoms with Gasteiger partial charge in [0.1, 0.15) is 0 Å². The molecule has 2 aliphatic rings. The summed E-state index contributed by atoms with van der Waals surface area (Å²) in [4.78, 5) is 4.16. The SMILES string of the molecule is NC1=N[C@@H]2C=C[C@H]2C1. The van der Waals surface area contributed by atoms with Crippen LogP contribution >= 0.6 is 0 Å². The summed E-state index contributed by atoms with van der Waals surface area (Å²) >= 11 is 0. The molecule has 0 saturated heterocycles. The highest BCUT2D eigenvalue weighted by Gasteiger charge is 2.29. The maximum atomic E-state index is 5.47. The van der Waals surface area contributed by atoms with Crippen LogP contribution < -0.4 is 5.73 Å². The van der Waals surface area contributed by atoms with E-state index in [0.717, 1.165) is 12.3 Å². The Bertz CT molecular complexity index is 169. The van der Waals surface area contributed by atoms with Gasteiger partial charge in [0.25, 0.3) is 0 Å². The third-order valence-electron chi connectivity index (χ3n) is 1.75. The lowest BCUT2D eigenvalue weighted by molar-refractivity contribution is 0.586. The minimum Gasteiger partial charge on any atom is -0.387 e. The van der Waals surface area contributed by atoms with E-state index in [-0.39, 0.29) is 0 Å². The molecule has 1 aliphatic heterocycles. The molecule has 2 N–H and O–H groups in total. The van der Waals surface area contributed by atoms with Crippen LogP contribution in [0.4, 0.5) is 0 Å². The summed E-state index contributed by atoms with van der Waals surface area (Å²) in [6, 6.07) is 0.454. The standard InChI is InChI=1S/C6H8N2/c7-6-3-4-1-2-5(4)8-6/h1-2,4-5H,3H2,(H2,7,8)/t4-,5+/m0/s1. The Kier molecular flexibility index (Phi) is 0.583. The largest absolute Gasteiger partial charge is 0.387 e. The van der Waals surface area contributed by atoms with Gasteiger partial charge in [-0.05, 0) is 0 Å². The predicted octanol–water partition coefficient (Wildman–Crippen LogP) is 0.302. The average Bonchev–Trinajstić information content (AvgIpc) is 1.91. The molecule has 42 valence electrons. The number of fused-ring (bicyclic) bond motifs is 1. The van der Waals surface area contributed by atoms with Crippen LogP contribution in [0, 0.1) is 5.92 Å². The quantitative estimate of drug-likeness (QED) is 0.445. The van der Waals surface area contributed by atoms with Crippen molar-refractivity contribution < 1.29 is 0 Å². The molecule has 1 aliphatic carbocycles. The number of aliphatic imine (C=N–C) groups is 1. The minimum absolute atomic E-state index is 0.454. The van der Waals surface area contributed by atoms with Gasteiger partial charge in [-0.25, -0.2) is 0 Å². The maximum Gasteiger partial charge on any atom is 0.0951 e. The number of hydrogen-bond donors (Lipinski definition) is 1. The second kappa shape index (κ2) is 1.13. The minimum atomic E-state index is 0.454. The molecule has 0 unspecified atom stereocenters. The summed E-state index contributed by atoms with van der Waals surface area (Å²) in [5.74, 6) is 1.49. The summed E-state index contributed by atoms with van der Waals surface area (Å²) in [6.07, 6.45) is 5.26. The van der Waals surface area contributed by atoms with Gasteiger partial charge in [-0.2, -0.15) is 0 Å². The van der Waals surface area contributed by atoms with Crippen molar-refractivity contribution in [3.05, 3.63) is 12.2 Å². The number of nitrogens with zero attached hydrogens (tertiary/aromatic N) is 1. The molecular formula is C6H8N2. The van der Waals surface area contributed by atoms with Crippen molar-refractivity contribution in [3.8, 4) is 0 Å². The Balaban J connectivity index is 2.24. The molecule has 0 radical (unpaired) electrons. The lowest BCUT2D eigenvalue weighted by Crippen LogP contribution is -2.17. The Morgan fingerprint density at radius 2 is 2.50 bits per heavy atom. The fraction of sp³-hybridized carbons (Fsp3) is 0.500. The number of hydrogen-bond acceptors (Lipinski definition) is 2. The molecule has 0 bridgehead atoms. The zero-order valence-corrected chi connectivity index (χ0v) is 4.54. The second-order valence-corrected chi connectivity index (χ2v) is 2.36. The van der Waals surface area contributed by atoms with Crippen LogP contribution in [0.3, 0.4) is 0 Å². The Hall–Kier alpha value is -0.790. The van der Waals surface area contributed by atoms with E-state index in [0.29, 0.717) is 12.0 Å². The molecule has 0 aromatic carbocycles. The first-order valence-corrected chi connectivity index (χ1v) is 2.87. The van der Waals surface area contributed by atoms with Gasteiger partial charge in [0, 0.05) is 12.3 Å². The Morgan fingerprint density at radius 1 is 1.62 bits per heavy atom. The first kappa shape index (κ1) is 4.13. The third kappa shape index (κ3) is 0.351. The van der Waals surface area contributed by atoms with Gasteiger partial charge in [-0.1, -0.05) is 12.2 Å². The second-order valence-electron chi connectivity index (χ2n) is 2.36. The van der Waals surface area contributed by atoms with Gasteiger partial charge in [-0.3, -0.25) is 4.99 Å². The van der Waals surface area contributed by atoms with E-state index < -0.39 is 0 Å². The van der Waals surface area contributed by atoms with Crippen LogP contribution in [0.2, 0.25) is 0 Å². The van der Waals surface area contributed by atoms with Crippen LogP contribution in [0.25, 0.3) is 0 Å². The summed E-state index contributed by atoms with van der Waals surface area (Å²) in [5.41, 5.74) is 5.47.